The van der Waals surface area contributed by atoms with Gasteiger partial charge in [-0.2, -0.15) is 5.10 Å². The predicted octanol–water partition coefficient (Wildman–Crippen LogP) is 9.06. The Balaban J connectivity index is 0.000000120. The zero-order valence-corrected chi connectivity index (χ0v) is 60.7. The van der Waals surface area contributed by atoms with Gasteiger partial charge in [0.05, 0.1) is 118 Å². The van der Waals surface area contributed by atoms with E-state index in [9.17, 15) is 24.6 Å². The molecule has 3 amide bonds. The third-order valence-electron chi connectivity index (χ3n) is 21.5. The molecule has 0 bridgehead atoms. The van der Waals surface area contributed by atoms with Crippen molar-refractivity contribution in [3.05, 3.63) is 191 Å². The Hall–Kier alpha value is -11.7. The highest BCUT2D eigenvalue weighted by atomic mass is 35.5. The van der Waals surface area contributed by atoms with Gasteiger partial charge in [0.1, 0.15) is 34.6 Å². The molecule has 0 saturated carbocycles. The first kappa shape index (κ1) is 69.4. The quantitative estimate of drug-likeness (QED) is 0.0462. The van der Waals surface area contributed by atoms with Gasteiger partial charge in [0.25, 0.3) is 17.7 Å². The van der Waals surface area contributed by atoms with Crippen molar-refractivity contribution >= 4 is 97.7 Å². The maximum absolute atomic E-state index is 12.9. The number of ether oxygens (including phenoxy) is 1. The van der Waals surface area contributed by atoms with Gasteiger partial charge in [-0.25, -0.2) is 24.9 Å². The maximum atomic E-state index is 12.9. The summed E-state index contributed by atoms with van der Waals surface area (Å²) in [4.78, 5) is 79.7. The first-order chi connectivity index (χ1) is 52.6. The first-order valence-electron chi connectivity index (χ1n) is 36.5. The van der Waals surface area contributed by atoms with Crippen LogP contribution in [0.1, 0.15) is 73.4 Å². The number of aliphatic hydroxyl groups excluding tert-OH is 1. The minimum absolute atomic E-state index is 0.101. The van der Waals surface area contributed by atoms with E-state index in [0.29, 0.717) is 82.8 Å². The molecule has 0 unspecified atom stereocenters. The number of hydrogen-bond acceptors (Lipinski definition) is 22. The molecule has 9 aliphatic rings. The number of morpholine rings is 1. The highest BCUT2D eigenvalue weighted by molar-refractivity contribution is 6.30. The SMILES string of the molecule is CNC1CN(c2cccc(Nc3cnc(-c4ccnc5c4ccn5C)c4c3C(=O)NC4)n2)C1.Cn1cc2ncc(-c3ccc(Nc4ccc(N5CCC(O)CC5)cn4)c4c3CNC4=O)c-2cn1.O=C1NCc2c(-c3cnc4cc(Cl)ccn34)ccc(Nc3ccc(N4CCC(O)(CN5CCOCC5)CC4)cn3)c21. The molecule has 10 aromatic rings. The molecule has 9 aliphatic heterocycles. The standard InChI is InChI=1S/C30H32ClN7O3.C25H25N7O2.C24H24N8O/c31-20-5-8-38-25(18-33-27(38)15-20)22-2-3-24(28-23(22)17-34-29(28)39)35-26-4-1-21(16-32-26)37-9-6-30(40,7-10-37)19-36-11-13-41-14-12-36;1-31-14-22-19(13-29-31)18(11-26-22)17-3-4-21(24-20(17)12-28-25(24)34)30-23-5-2-15(10-27-23)32-8-6-16(33)7-9-32;1-25-14-12-32(13-14)20-5-3-4-19(30-20)29-18-11-27-22(17-10-28-24(33)21(17)18)15-6-8-26-23-16(15)7-9-31(23)2/h1-5,8,15-16,18,40H,6-7,9-14,17,19H2,(H,32,35)(H,34,39);2-5,10-11,13-14,16,33H,6-9,12H2,1H3,(H,27,30)(H,28,34);3-9,11,14,25H,10,12-13H2,1-2H3,(H,28,33)(H,29,30). The second-order valence-corrected chi connectivity index (χ2v) is 28.8. The van der Waals surface area contributed by atoms with Crippen LogP contribution in [0.25, 0.3) is 61.6 Å². The highest BCUT2D eigenvalue weighted by Crippen LogP contribution is 2.42. The van der Waals surface area contributed by atoms with Crippen molar-refractivity contribution in [2.75, 3.05) is 110 Å². The monoisotopic (exact) mass is 1470 g/mol. The molecule has 0 spiro atoms. The fourth-order valence-electron chi connectivity index (χ4n) is 15.6. The van der Waals surface area contributed by atoms with E-state index >= 15 is 0 Å². The number of halogens is 1. The van der Waals surface area contributed by atoms with E-state index in [1.165, 1.54) is 0 Å². The van der Waals surface area contributed by atoms with Crippen LogP contribution in [0.15, 0.2) is 153 Å². The number of piperidine rings is 2. The third-order valence-corrected chi connectivity index (χ3v) is 21.8. The molecule has 8 aromatic heterocycles. The average molecular weight is 1470 g/mol. The van der Waals surface area contributed by atoms with Crippen molar-refractivity contribution in [1.82, 2.24) is 79.8 Å². The number of benzene rings is 2. The number of carbonyl (C=O) groups is 3. The molecule has 4 saturated heterocycles. The zero-order valence-electron chi connectivity index (χ0n) is 59.9. The van der Waals surface area contributed by atoms with Crippen LogP contribution >= 0.6 is 11.6 Å². The van der Waals surface area contributed by atoms with Crippen LogP contribution in [0.5, 0.6) is 0 Å². The van der Waals surface area contributed by atoms with Crippen LogP contribution in [-0.4, -0.2) is 183 Å². The van der Waals surface area contributed by atoms with Crippen LogP contribution < -0.4 is 51.9 Å². The minimum atomic E-state index is -0.661. The number of aryl methyl sites for hydroxylation is 2. The summed E-state index contributed by atoms with van der Waals surface area (Å²) in [6.45, 7) is 10.4. The smallest absolute Gasteiger partial charge is 0.254 e. The van der Waals surface area contributed by atoms with E-state index in [1.807, 2.05) is 171 Å². The number of hydrogen-bond donors (Lipinski definition) is 9. The number of rotatable bonds is 15. The van der Waals surface area contributed by atoms with Gasteiger partial charge < -0.3 is 71.4 Å². The Morgan fingerprint density at radius 3 is 1.94 bits per heavy atom. The molecule has 17 heterocycles. The van der Waals surface area contributed by atoms with Crippen molar-refractivity contribution in [1.29, 1.82) is 0 Å². The second kappa shape index (κ2) is 29.2. The molecule has 29 heteroatoms. The lowest BCUT2D eigenvalue weighted by molar-refractivity contribution is -0.0441. The van der Waals surface area contributed by atoms with E-state index in [-0.39, 0.29) is 23.8 Å². The third kappa shape index (κ3) is 13.8. The van der Waals surface area contributed by atoms with E-state index in [4.69, 9.17) is 26.3 Å². The second-order valence-electron chi connectivity index (χ2n) is 28.4. The van der Waals surface area contributed by atoms with Gasteiger partial charge in [0.15, 0.2) is 0 Å². The number of likely N-dealkylation sites (N-methyl/N-ethyl adjacent to an activating group) is 1. The van der Waals surface area contributed by atoms with Crippen LogP contribution in [0.4, 0.5) is 51.7 Å². The van der Waals surface area contributed by atoms with Crippen LogP contribution in [-0.2, 0) is 38.5 Å². The fourth-order valence-corrected chi connectivity index (χ4v) is 15.7. The summed E-state index contributed by atoms with van der Waals surface area (Å²) >= 11 is 6.14. The summed E-state index contributed by atoms with van der Waals surface area (Å²) < 4.78 is 11.1. The molecule has 4 fully saturated rings. The van der Waals surface area contributed by atoms with Gasteiger partial charge in [0, 0.05) is 174 Å². The topological polar surface area (TPSA) is 315 Å². The molecule has 19 rings (SSSR count). The van der Waals surface area contributed by atoms with Crippen molar-refractivity contribution in [2.45, 2.75) is 63.1 Å². The summed E-state index contributed by atoms with van der Waals surface area (Å²) in [5.41, 5.74) is 17.1. The number of anilines is 9. The summed E-state index contributed by atoms with van der Waals surface area (Å²) in [5.74, 6) is 2.62. The van der Waals surface area contributed by atoms with Crippen molar-refractivity contribution < 1.29 is 29.3 Å². The number of amides is 3. The Labute approximate surface area is 626 Å². The lowest BCUT2D eigenvalue weighted by atomic mass is 9.90. The average Bonchev–Trinajstić information content (AvgIpc) is 1.60. The molecule has 0 radical (unpaired) electrons. The molecule has 28 nitrogen and oxygen atoms in total. The molecular formula is C79H81ClN22O6. The number of nitrogens with zero attached hydrogens (tertiary/aromatic N) is 15. The number of imidazole rings is 1. The summed E-state index contributed by atoms with van der Waals surface area (Å²) in [7, 11) is 5.81. The fraction of sp³-hybridized carbons (Fsp3) is 0.304. The largest absolute Gasteiger partial charge is 0.393 e. The molecule has 108 heavy (non-hydrogen) atoms. The number of β-amino-alcohol motifs (C(OH)–C–C–N with tert-alkyl or cyclic N) is 1. The number of nitrogens with one attached hydrogen (secondary N) is 7. The van der Waals surface area contributed by atoms with Crippen LogP contribution in [0, 0.1) is 0 Å². The van der Waals surface area contributed by atoms with Crippen LogP contribution in [0.2, 0.25) is 5.02 Å². The lowest BCUT2D eigenvalue weighted by Crippen LogP contribution is -2.57. The number of fused-ring (bicyclic) bond motifs is 6. The van der Waals surface area contributed by atoms with Gasteiger partial charge in [0.2, 0.25) is 0 Å². The molecule has 0 atom stereocenters. The number of aliphatic hydroxyl groups is 2. The minimum Gasteiger partial charge on any atom is -0.393 e. The molecule has 550 valence electrons. The van der Waals surface area contributed by atoms with Gasteiger partial charge in [-0.05, 0) is 116 Å². The van der Waals surface area contributed by atoms with Crippen molar-refractivity contribution in [3.63, 3.8) is 0 Å². The van der Waals surface area contributed by atoms with E-state index in [1.54, 1.807) is 17.1 Å². The van der Waals surface area contributed by atoms with Gasteiger partial charge in [-0.15, -0.1) is 0 Å². The maximum Gasteiger partial charge on any atom is 0.254 e. The summed E-state index contributed by atoms with van der Waals surface area (Å²) in [6.07, 6.45) is 21.2. The van der Waals surface area contributed by atoms with Gasteiger partial charge >= 0.3 is 0 Å². The van der Waals surface area contributed by atoms with E-state index < -0.39 is 5.60 Å². The Kier molecular flexibility index (Phi) is 18.8. The van der Waals surface area contributed by atoms with Crippen LogP contribution in [0.3, 0.4) is 0 Å². The Bertz CT molecular complexity index is 5370. The highest BCUT2D eigenvalue weighted by Gasteiger charge is 2.36. The van der Waals surface area contributed by atoms with Crippen molar-refractivity contribution in [3.8, 4) is 44.9 Å². The summed E-state index contributed by atoms with van der Waals surface area (Å²) in [6, 6.07) is 29.8. The van der Waals surface area contributed by atoms with Crippen molar-refractivity contribution in [2.24, 2.45) is 14.1 Å². The normalized spacial score (nSPS) is 16.9. The zero-order chi connectivity index (χ0) is 73.7. The number of aromatic nitrogens is 11. The lowest BCUT2D eigenvalue weighted by Gasteiger charge is -2.42. The van der Waals surface area contributed by atoms with Gasteiger partial charge in [-0.1, -0.05) is 29.8 Å². The van der Waals surface area contributed by atoms with E-state index in [0.717, 1.165) is 192 Å². The Morgan fingerprint density at radius 1 is 0.602 bits per heavy atom. The molecule has 0 aliphatic carbocycles. The Morgan fingerprint density at radius 2 is 1.26 bits per heavy atom. The van der Waals surface area contributed by atoms with E-state index in [2.05, 4.69) is 86.8 Å². The van der Waals surface area contributed by atoms with Gasteiger partial charge in [-0.3, -0.25) is 38.3 Å². The first-order valence-corrected chi connectivity index (χ1v) is 36.8. The molecule has 9 N–H and O–H groups in total. The number of carbonyl (C=O) groups excluding carboxylic acids is 3. The molecular weight excluding hydrogens is 1390 g/mol. The predicted molar refractivity (Wildman–Crippen MR) is 415 cm³/mol. The molecule has 2 aromatic carbocycles. The summed E-state index contributed by atoms with van der Waals surface area (Å²) in [5, 5.41) is 49.1. The number of pyridine rings is 6.